The van der Waals surface area contributed by atoms with Gasteiger partial charge < -0.3 is 10.3 Å². The van der Waals surface area contributed by atoms with Gasteiger partial charge in [0, 0.05) is 5.39 Å². The lowest BCUT2D eigenvalue weighted by molar-refractivity contribution is -0.117. The van der Waals surface area contributed by atoms with Gasteiger partial charge in [0.25, 0.3) is 5.56 Å². The molecule has 2 N–H and O–H groups in total. The first kappa shape index (κ1) is 19.4. The van der Waals surface area contributed by atoms with Gasteiger partial charge in [0.15, 0.2) is 0 Å². The van der Waals surface area contributed by atoms with E-state index < -0.39 is 0 Å². The smallest absolute Gasteiger partial charge is 0.272 e. The maximum Gasteiger partial charge on any atom is 0.272 e. The first-order valence-corrected chi connectivity index (χ1v) is 10.3. The van der Waals surface area contributed by atoms with Gasteiger partial charge in [0.1, 0.15) is 5.69 Å². The Labute approximate surface area is 170 Å². The van der Waals surface area contributed by atoms with E-state index in [1.165, 1.54) is 5.56 Å². The van der Waals surface area contributed by atoms with Gasteiger partial charge in [0.2, 0.25) is 5.91 Å². The van der Waals surface area contributed by atoms with Crippen LogP contribution in [0.3, 0.4) is 0 Å². The fraction of sp³-hybridized carbons (Fsp3) is 0.333. The number of aryl methyl sites for hydroxylation is 1. The average molecular weight is 389 g/mol. The first-order chi connectivity index (χ1) is 14.1. The molecule has 4 rings (SSSR count). The van der Waals surface area contributed by atoms with Gasteiger partial charge in [0.05, 0.1) is 12.1 Å². The van der Waals surface area contributed by atoms with Crippen molar-refractivity contribution < 1.29 is 4.79 Å². The minimum atomic E-state index is -0.262. The number of carbonyl (C=O) groups excluding carboxylic acids is 1. The lowest BCUT2D eigenvalue weighted by atomic mass is 9.90. The van der Waals surface area contributed by atoms with Crippen LogP contribution >= 0.6 is 0 Å². The molecule has 0 aliphatic carbocycles. The molecule has 1 aliphatic heterocycles. The number of likely N-dealkylation sites (tertiary alicyclic amines) is 1. The van der Waals surface area contributed by atoms with Gasteiger partial charge in [-0.05, 0) is 62.4 Å². The molecule has 0 saturated carbocycles. The van der Waals surface area contributed by atoms with Crippen molar-refractivity contribution in [1.82, 2.24) is 9.88 Å². The number of nitrogens with zero attached hydrogens (tertiary/aromatic N) is 1. The Morgan fingerprint density at radius 3 is 2.62 bits per heavy atom. The van der Waals surface area contributed by atoms with Gasteiger partial charge in [-0.25, -0.2) is 0 Å². The summed E-state index contributed by atoms with van der Waals surface area (Å²) in [7, 11) is 0. The zero-order valence-corrected chi connectivity index (χ0v) is 16.8. The number of carbonyl (C=O) groups is 1. The lowest BCUT2D eigenvalue weighted by Gasteiger charge is -2.31. The molecule has 5 heteroatoms. The maximum atomic E-state index is 12.5. The number of nitrogens with one attached hydrogen (secondary N) is 2. The molecule has 0 radical (unpaired) electrons. The van der Waals surface area contributed by atoms with Gasteiger partial charge >= 0.3 is 0 Å². The molecule has 0 spiro atoms. The number of amides is 1. The molecule has 1 fully saturated rings. The summed E-state index contributed by atoms with van der Waals surface area (Å²) in [5, 5.41) is 3.71. The van der Waals surface area contributed by atoms with Crippen molar-refractivity contribution in [3.8, 4) is 0 Å². The van der Waals surface area contributed by atoms with Crippen LogP contribution in [-0.2, 0) is 11.2 Å². The van der Waals surface area contributed by atoms with Gasteiger partial charge in [-0.2, -0.15) is 0 Å². The summed E-state index contributed by atoms with van der Waals surface area (Å²) in [6.45, 7) is 4.11. The van der Waals surface area contributed by atoms with Gasteiger partial charge in [-0.3, -0.25) is 14.5 Å². The average Bonchev–Trinajstić information content (AvgIpc) is 2.72. The van der Waals surface area contributed by atoms with E-state index in [-0.39, 0.29) is 11.5 Å². The summed E-state index contributed by atoms with van der Waals surface area (Å²) in [6.07, 6.45) is 3.29. The predicted octanol–water partition coefficient (Wildman–Crippen LogP) is 3.73. The molecule has 29 heavy (non-hydrogen) atoms. The largest absolute Gasteiger partial charge is 0.320 e. The van der Waals surface area contributed by atoms with Crippen LogP contribution in [0.5, 0.6) is 0 Å². The summed E-state index contributed by atoms with van der Waals surface area (Å²) < 4.78 is 0. The molecule has 1 aromatic heterocycles. The number of piperidine rings is 1. The van der Waals surface area contributed by atoms with Crippen LogP contribution in [0.15, 0.2) is 59.4 Å². The van der Waals surface area contributed by atoms with Crippen LogP contribution in [0.4, 0.5) is 5.69 Å². The Morgan fingerprint density at radius 1 is 1.10 bits per heavy atom. The summed E-state index contributed by atoms with van der Waals surface area (Å²) in [4.78, 5) is 29.9. The second kappa shape index (κ2) is 8.62. The van der Waals surface area contributed by atoms with E-state index in [9.17, 15) is 9.59 Å². The molecule has 0 unspecified atom stereocenters. The summed E-state index contributed by atoms with van der Waals surface area (Å²) in [5.41, 5.74) is 3.26. The molecule has 0 atom stereocenters. The number of hydrogen-bond donors (Lipinski definition) is 2. The number of anilines is 1. The van der Waals surface area contributed by atoms with E-state index in [4.69, 9.17) is 0 Å². The molecular weight excluding hydrogens is 362 g/mol. The molecule has 1 amide bonds. The second-order valence-electron chi connectivity index (χ2n) is 8.01. The molecule has 2 aromatic carbocycles. The summed E-state index contributed by atoms with van der Waals surface area (Å²) >= 11 is 0. The van der Waals surface area contributed by atoms with E-state index in [2.05, 4.69) is 39.5 Å². The number of fused-ring (bicyclic) bond motifs is 1. The number of aromatic nitrogens is 1. The van der Waals surface area contributed by atoms with Crippen molar-refractivity contribution in [2.75, 3.05) is 25.0 Å². The van der Waals surface area contributed by atoms with Crippen LogP contribution in [0.2, 0.25) is 0 Å². The SMILES string of the molecule is Cc1cccc2cc(NC(=O)CN3CCC(Cc4ccccc4)CC3)c(=O)[nH]c12. The summed E-state index contributed by atoms with van der Waals surface area (Å²) in [6, 6.07) is 18.2. The zero-order valence-electron chi connectivity index (χ0n) is 16.8. The highest BCUT2D eigenvalue weighted by Gasteiger charge is 2.21. The fourth-order valence-electron chi connectivity index (χ4n) is 4.17. The van der Waals surface area contributed by atoms with Crippen LogP contribution in [-0.4, -0.2) is 35.4 Å². The van der Waals surface area contributed by atoms with Crippen molar-refractivity contribution in [1.29, 1.82) is 0 Å². The zero-order chi connectivity index (χ0) is 20.2. The molecule has 5 nitrogen and oxygen atoms in total. The highest BCUT2D eigenvalue weighted by Crippen LogP contribution is 2.22. The summed E-state index contributed by atoms with van der Waals surface area (Å²) in [5.74, 6) is 0.535. The third-order valence-electron chi connectivity index (χ3n) is 5.80. The van der Waals surface area contributed by atoms with Crippen LogP contribution in [0, 0.1) is 12.8 Å². The fourth-order valence-corrected chi connectivity index (χ4v) is 4.17. The highest BCUT2D eigenvalue weighted by atomic mass is 16.2. The number of H-pyrrole nitrogens is 1. The molecule has 0 bridgehead atoms. The van der Waals surface area contributed by atoms with Crippen molar-refractivity contribution in [3.05, 3.63) is 76.1 Å². The third kappa shape index (κ3) is 4.74. The molecular formula is C24H27N3O2. The Bertz CT molecular complexity index is 1050. The quantitative estimate of drug-likeness (QED) is 0.699. The Hall–Kier alpha value is -2.92. The van der Waals surface area contributed by atoms with Crippen molar-refractivity contribution in [3.63, 3.8) is 0 Å². The number of aromatic amines is 1. The monoisotopic (exact) mass is 389 g/mol. The maximum absolute atomic E-state index is 12.5. The lowest BCUT2D eigenvalue weighted by Crippen LogP contribution is -2.40. The van der Waals surface area contributed by atoms with E-state index in [0.29, 0.717) is 18.2 Å². The third-order valence-corrected chi connectivity index (χ3v) is 5.80. The van der Waals surface area contributed by atoms with E-state index in [0.717, 1.165) is 48.8 Å². The molecule has 150 valence electrons. The number of rotatable bonds is 5. The minimum absolute atomic E-state index is 0.135. The van der Waals surface area contributed by atoms with E-state index in [1.54, 1.807) is 6.07 Å². The Balaban J connectivity index is 1.32. The number of benzene rings is 2. The number of para-hydroxylation sites is 1. The predicted molar refractivity (Wildman–Crippen MR) is 117 cm³/mol. The normalized spacial score (nSPS) is 15.5. The topological polar surface area (TPSA) is 65.2 Å². The van der Waals surface area contributed by atoms with E-state index in [1.807, 2.05) is 31.2 Å². The number of hydrogen-bond acceptors (Lipinski definition) is 3. The second-order valence-corrected chi connectivity index (χ2v) is 8.01. The Morgan fingerprint density at radius 2 is 1.86 bits per heavy atom. The van der Waals surface area contributed by atoms with Crippen molar-refractivity contribution >= 4 is 22.5 Å². The van der Waals surface area contributed by atoms with Crippen LogP contribution in [0.25, 0.3) is 10.9 Å². The number of pyridine rings is 1. The molecule has 1 aliphatic rings. The highest BCUT2D eigenvalue weighted by molar-refractivity contribution is 5.94. The molecule has 2 heterocycles. The molecule has 3 aromatic rings. The molecule has 1 saturated heterocycles. The first-order valence-electron chi connectivity index (χ1n) is 10.3. The van der Waals surface area contributed by atoms with Crippen molar-refractivity contribution in [2.45, 2.75) is 26.2 Å². The minimum Gasteiger partial charge on any atom is -0.320 e. The van der Waals surface area contributed by atoms with Gasteiger partial charge in [-0.15, -0.1) is 0 Å². The van der Waals surface area contributed by atoms with Crippen LogP contribution < -0.4 is 10.9 Å². The van der Waals surface area contributed by atoms with Gasteiger partial charge in [-0.1, -0.05) is 48.5 Å². The van der Waals surface area contributed by atoms with Crippen molar-refractivity contribution in [2.24, 2.45) is 5.92 Å². The van der Waals surface area contributed by atoms with E-state index >= 15 is 0 Å². The standard InChI is InChI=1S/C24H27N3O2/c1-17-6-5-9-20-15-21(24(29)26-23(17)20)25-22(28)16-27-12-10-19(11-13-27)14-18-7-3-2-4-8-18/h2-9,15,19H,10-14,16H2,1H3,(H,25,28)(H,26,29). The Kier molecular flexibility index (Phi) is 5.76. The van der Waals surface area contributed by atoms with Crippen LogP contribution in [0.1, 0.15) is 24.0 Å².